The second-order valence-electron chi connectivity index (χ2n) is 3.02. The Balaban J connectivity index is 3.90. The van der Waals surface area contributed by atoms with E-state index in [0.717, 1.165) is 12.8 Å². The van der Waals surface area contributed by atoms with Gasteiger partial charge in [-0.2, -0.15) is 0 Å². The molecule has 2 N–H and O–H groups in total. The third kappa shape index (κ3) is 5.53. The van der Waals surface area contributed by atoms with Crippen LogP contribution in [-0.2, 0) is 14.3 Å². The summed E-state index contributed by atoms with van der Waals surface area (Å²) in [6.07, 6.45) is 2.05. The van der Waals surface area contributed by atoms with Crippen molar-refractivity contribution < 1.29 is 19.4 Å². The number of ether oxygens (including phenoxy) is 1. The van der Waals surface area contributed by atoms with Crippen LogP contribution < -0.4 is 5.32 Å². The van der Waals surface area contributed by atoms with Crippen LogP contribution in [0.25, 0.3) is 0 Å². The van der Waals surface area contributed by atoms with Gasteiger partial charge in [0.25, 0.3) is 0 Å². The summed E-state index contributed by atoms with van der Waals surface area (Å²) in [5.41, 5.74) is 0. The second-order valence-corrected chi connectivity index (χ2v) is 3.02. The van der Waals surface area contributed by atoms with Gasteiger partial charge in [-0.05, 0) is 6.42 Å². The Morgan fingerprint density at radius 2 is 2.14 bits per heavy atom. The quantitative estimate of drug-likeness (QED) is 0.627. The lowest BCUT2D eigenvalue weighted by Gasteiger charge is -2.12. The maximum absolute atomic E-state index is 11.2. The molecule has 5 nitrogen and oxygen atoms in total. The minimum atomic E-state index is -1.07. The van der Waals surface area contributed by atoms with Crippen molar-refractivity contribution in [2.45, 2.75) is 32.2 Å². The number of aliphatic carboxylic acids is 1. The number of carboxylic acid groups (broad SMARTS) is 1. The first-order valence-electron chi connectivity index (χ1n) is 4.63. The van der Waals surface area contributed by atoms with E-state index in [-0.39, 0.29) is 12.5 Å². The highest BCUT2D eigenvalue weighted by molar-refractivity contribution is 5.83. The Morgan fingerprint density at radius 1 is 1.50 bits per heavy atom. The lowest BCUT2D eigenvalue weighted by molar-refractivity contribution is -0.143. The topological polar surface area (TPSA) is 75.6 Å². The standard InChI is InChI=1S/C9H17NO4/c1-3-4-5-8(11)10-7(6-14-2)9(12)13/h7H,3-6H2,1-2H3,(H,10,11)(H,12,13). The first-order valence-corrected chi connectivity index (χ1v) is 4.63. The minimum Gasteiger partial charge on any atom is -0.480 e. The monoisotopic (exact) mass is 203 g/mol. The number of nitrogens with one attached hydrogen (secondary N) is 1. The van der Waals surface area contributed by atoms with Gasteiger partial charge in [0.1, 0.15) is 0 Å². The van der Waals surface area contributed by atoms with Gasteiger partial charge in [0.05, 0.1) is 6.61 Å². The summed E-state index contributed by atoms with van der Waals surface area (Å²) in [7, 11) is 1.40. The molecule has 0 radical (unpaired) electrons. The Morgan fingerprint density at radius 3 is 2.57 bits per heavy atom. The lowest BCUT2D eigenvalue weighted by Crippen LogP contribution is -2.43. The summed E-state index contributed by atoms with van der Waals surface area (Å²) in [6, 6.07) is -0.940. The van der Waals surface area contributed by atoms with E-state index in [2.05, 4.69) is 10.1 Å². The molecule has 0 aromatic rings. The van der Waals surface area contributed by atoms with Crippen LogP contribution in [0.1, 0.15) is 26.2 Å². The molecular weight excluding hydrogens is 186 g/mol. The van der Waals surface area contributed by atoms with Crippen LogP contribution in [0.15, 0.2) is 0 Å². The summed E-state index contributed by atoms with van der Waals surface area (Å²) in [5, 5.41) is 11.1. The average Bonchev–Trinajstić information content (AvgIpc) is 2.14. The van der Waals surface area contributed by atoms with Crippen molar-refractivity contribution in [3.63, 3.8) is 0 Å². The predicted molar refractivity (Wildman–Crippen MR) is 51.0 cm³/mol. The molecule has 0 fully saturated rings. The predicted octanol–water partition coefficient (Wildman–Crippen LogP) is 0.392. The van der Waals surface area contributed by atoms with Crippen molar-refractivity contribution >= 4 is 11.9 Å². The summed E-state index contributed by atoms with van der Waals surface area (Å²) >= 11 is 0. The van der Waals surface area contributed by atoms with Crippen LogP contribution in [-0.4, -0.2) is 36.7 Å². The molecular formula is C9H17NO4. The van der Waals surface area contributed by atoms with Crippen molar-refractivity contribution in [2.75, 3.05) is 13.7 Å². The molecule has 0 aliphatic rings. The molecule has 82 valence electrons. The van der Waals surface area contributed by atoms with Crippen molar-refractivity contribution in [3.8, 4) is 0 Å². The molecule has 0 aliphatic heterocycles. The molecule has 0 aromatic heterocycles. The van der Waals surface area contributed by atoms with Gasteiger partial charge in [-0.15, -0.1) is 0 Å². The van der Waals surface area contributed by atoms with Crippen LogP contribution in [0.3, 0.4) is 0 Å². The smallest absolute Gasteiger partial charge is 0.328 e. The first kappa shape index (κ1) is 12.9. The van der Waals surface area contributed by atoms with Crippen LogP contribution in [0, 0.1) is 0 Å². The van der Waals surface area contributed by atoms with Gasteiger partial charge >= 0.3 is 5.97 Å². The van der Waals surface area contributed by atoms with Gasteiger partial charge in [-0.3, -0.25) is 4.79 Å². The number of unbranched alkanes of at least 4 members (excludes halogenated alkanes) is 1. The molecule has 5 heteroatoms. The molecule has 0 saturated heterocycles. The molecule has 0 spiro atoms. The van der Waals surface area contributed by atoms with E-state index in [9.17, 15) is 9.59 Å². The number of amides is 1. The van der Waals surface area contributed by atoms with Gasteiger partial charge in [-0.1, -0.05) is 13.3 Å². The third-order valence-electron chi connectivity index (χ3n) is 1.72. The van der Waals surface area contributed by atoms with E-state index < -0.39 is 12.0 Å². The molecule has 1 atom stereocenters. The lowest BCUT2D eigenvalue weighted by atomic mass is 10.2. The number of methoxy groups -OCH3 is 1. The minimum absolute atomic E-state index is 0.00675. The fraction of sp³-hybridized carbons (Fsp3) is 0.778. The van der Waals surface area contributed by atoms with Crippen LogP contribution in [0.5, 0.6) is 0 Å². The third-order valence-corrected chi connectivity index (χ3v) is 1.72. The molecule has 1 amide bonds. The number of carbonyl (C=O) groups excluding carboxylic acids is 1. The van der Waals surface area contributed by atoms with E-state index in [1.807, 2.05) is 6.92 Å². The van der Waals surface area contributed by atoms with Crippen LogP contribution in [0.2, 0.25) is 0 Å². The van der Waals surface area contributed by atoms with Crippen LogP contribution >= 0.6 is 0 Å². The molecule has 1 unspecified atom stereocenters. The number of hydrogen-bond donors (Lipinski definition) is 2. The van der Waals surface area contributed by atoms with Gasteiger partial charge in [-0.25, -0.2) is 4.79 Å². The van der Waals surface area contributed by atoms with E-state index in [4.69, 9.17) is 5.11 Å². The van der Waals surface area contributed by atoms with Gasteiger partial charge < -0.3 is 15.2 Å². The Labute approximate surface area is 83.4 Å². The summed E-state index contributed by atoms with van der Waals surface area (Å²) in [5.74, 6) is -1.31. The van der Waals surface area contributed by atoms with E-state index >= 15 is 0 Å². The number of rotatable bonds is 7. The normalized spacial score (nSPS) is 12.1. The number of carbonyl (C=O) groups is 2. The number of carboxylic acids is 1. The maximum atomic E-state index is 11.2. The molecule has 0 bridgehead atoms. The zero-order chi connectivity index (χ0) is 11.0. The van der Waals surface area contributed by atoms with E-state index in [1.54, 1.807) is 0 Å². The highest BCUT2D eigenvalue weighted by Gasteiger charge is 2.18. The summed E-state index contributed by atoms with van der Waals surface area (Å²) < 4.78 is 4.68. The fourth-order valence-electron chi connectivity index (χ4n) is 0.945. The first-order chi connectivity index (χ1) is 6.61. The summed E-state index contributed by atoms with van der Waals surface area (Å²) in [4.78, 5) is 21.8. The van der Waals surface area contributed by atoms with Gasteiger partial charge in [0.15, 0.2) is 6.04 Å². The molecule has 0 aromatic carbocycles. The van der Waals surface area contributed by atoms with Crippen molar-refractivity contribution in [1.29, 1.82) is 0 Å². The molecule has 0 aliphatic carbocycles. The highest BCUT2D eigenvalue weighted by atomic mass is 16.5. The molecule has 14 heavy (non-hydrogen) atoms. The van der Waals surface area contributed by atoms with Gasteiger partial charge in [0.2, 0.25) is 5.91 Å². The Bertz CT molecular complexity index is 193. The van der Waals surface area contributed by atoms with Crippen LogP contribution in [0.4, 0.5) is 0 Å². The second kappa shape index (κ2) is 7.32. The molecule has 0 heterocycles. The number of hydrogen-bond acceptors (Lipinski definition) is 3. The molecule has 0 saturated carbocycles. The van der Waals surface area contributed by atoms with Crippen molar-refractivity contribution in [2.24, 2.45) is 0 Å². The van der Waals surface area contributed by atoms with Crippen molar-refractivity contribution in [3.05, 3.63) is 0 Å². The zero-order valence-electron chi connectivity index (χ0n) is 8.58. The summed E-state index contributed by atoms with van der Waals surface area (Å²) in [6.45, 7) is 1.96. The Kier molecular flexibility index (Phi) is 6.74. The zero-order valence-corrected chi connectivity index (χ0v) is 8.58. The average molecular weight is 203 g/mol. The van der Waals surface area contributed by atoms with E-state index in [1.165, 1.54) is 7.11 Å². The van der Waals surface area contributed by atoms with E-state index in [0.29, 0.717) is 6.42 Å². The molecule has 0 rings (SSSR count). The Hall–Kier alpha value is -1.10. The largest absolute Gasteiger partial charge is 0.480 e. The fourth-order valence-corrected chi connectivity index (χ4v) is 0.945. The van der Waals surface area contributed by atoms with Gasteiger partial charge in [0, 0.05) is 13.5 Å². The highest BCUT2D eigenvalue weighted by Crippen LogP contribution is 1.95. The maximum Gasteiger partial charge on any atom is 0.328 e. The SMILES string of the molecule is CCCCC(=O)NC(COC)C(=O)O. The van der Waals surface area contributed by atoms with Crippen molar-refractivity contribution in [1.82, 2.24) is 5.32 Å².